The van der Waals surface area contributed by atoms with E-state index in [1.54, 1.807) is 26.0 Å². The topological polar surface area (TPSA) is 55.8 Å². The van der Waals surface area contributed by atoms with Crippen molar-refractivity contribution < 1.29 is 23.1 Å². The monoisotopic (exact) mass is 352 g/mol. The van der Waals surface area contributed by atoms with Gasteiger partial charge in [-0.25, -0.2) is 4.39 Å². The van der Waals surface area contributed by atoms with Gasteiger partial charge in [0, 0.05) is 5.56 Å². The molecule has 1 N–H and O–H groups in total. The molecule has 24 heavy (non-hydrogen) atoms. The Hall–Kier alpha value is -1.68. The summed E-state index contributed by atoms with van der Waals surface area (Å²) in [5, 5.41) is 0. The average molecular weight is 352 g/mol. The molecule has 2 rings (SSSR count). The van der Waals surface area contributed by atoms with E-state index in [0.29, 0.717) is 11.3 Å². The van der Waals surface area contributed by atoms with Gasteiger partial charge in [-0.1, -0.05) is 12.1 Å². The summed E-state index contributed by atoms with van der Waals surface area (Å²) in [5.74, 6) is 0.224. The van der Waals surface area contributed by atoms with Crippen LogP contribution in [0.1, 0.15) is 23.6 Å². The number of aryl methyl sites for hydroxylation is 3. The molecule has 0 bridgehead atoms. The van der Waals surface area contributed by atoms with E-state index in [9.17, 15) is 13.8 Å². The molecule has 1 unspecified atom stereocenters. The SMILES string of the molecule is CCOP(=O)(O)COc1c(C)cc(C)cc1-c1ccc(F)c(C)c1. The Labute approximate surface area is 141 Å². The van der Waals surface area contributed by atoms with Crippen LogP contribution in [0.15, 0.2) is 30.3 Å². The Morgan fingerprint density at radius 3 is 2.46 bits per heavy atom. The molecule has 4 nitrogen and oxygen atoms in total. The van der Waals surface area contributed by atoms with Crippen molar-refractivity contribution in [3.05, 3.63) is 52.8 Å². The first-order chi connectivity index (χ1) is 11.2. The van der Waals surface area contributed by atoms with Gasteiger partial charge in [0.2, 0.25) is 0 Å². The minimum Gasteiger partial charge on any atom is -0.480 e. The first-order valence-corrected chi connectivity index (χ1v) is 9.46. The molecule has 2 aromatic rings. The molecular weight excluding hydrogens is 330 g/mol. The zero-order valence-electron chi connectivity index (χ0n) is 14.3. The summed E-state index contributed by atoms with van der Waals surface area (Å²) in [6.45, 7) is 7.29. The van der Waals surface area contributed by atoms with E-state index >= 15 is 0 Å². The Kier molecular flexibility index (Phi) is 5.81. The van der Waals surface area contributed by atoms with Crippen molar-refractivity contribution in [2.24, 2.45) is 0 Å². The second kappa shape index (κ2) is 7.47. The van der Waals surface area contributed by atoms with Gasteiger partial charge in [-0.15, -0.1) is 0 Å². The van der Waals surface area contributed by atoms with Gasteiger partial charge in [0.1, 0.15) is 11.6 Å². The second-order valence-corrected chi connectivity index (χ2v) is 7.54. The van der Waals surface area contributed by atoms with Gasteiger partial charge in [-0.2, -0.15) is 0 Å². The van der Waals surface area contributed by atoms with Crippen LogP contribution in [0.5, 0.6) is 5.75 Å². The zero-order valence-corrected chi connectivity index (χ0v) is 15.2. The van der Waals surface area contributed by atoms with Crippen molar-refractivity contribution in [2.75, 3.05) is 13.0 Å². The molecule has 0 aliphatic heterocycles. The maximum atomic E-state index is 13.5. The predicted octanol–water partition coefficient (Wildman–Crippen LogP) is 4.98. The fourth-order valence-electron chi connectivity index (χ4n) is 2.56. The molecule has 130 valence electrons. The molecule has 0 radical (unpaired) electrons. The summed E-state index contributed by atoms with van der Waals surface area (Å²) in [6.07, 6.45) is -0.433. The summed E-state index contributed by atoms with van der Waals surface area (Å²) in [6, 6.07) is 8.65. The van der Waals surface area contributed by atoms with E-state index < -0.39 is 13.9 Å². The van der Waals surface area contributed by atoms with Crippen LogP contribution in [0.2, 0.25) is 0 Å². The van der Waals surface area contributed by atoms with Crippen LogP contribution in [0.3, 0.4) is 0 Å². The quantitative estimate of drug-likeness (QED) is 0.745. The zero-order chi connectivity index (χ0) is 17.9. The first kappa shape index (κ1) is 18.7. The van der Waals surface area contributed by atoms with Crippen molar-refractivity contribution >= 4 is 7.60 Å². The van der Waals surface area contributed by atoms with Gasteiger partial charge in [0.05, 0.1) is 6.61 Å². The fraction of sp³-hybridized carbons (Fsp3) is 0.333. The van der Waals surface area contributed by atoms with Crippen molar-refractivity contribution in [2.45, 2.75) is 27.7 Å². The maximum Gasteiger partial charge on any atom is 0.365 e. The van der Waals surface area contributed by atoms with E-state index in [0.717, 1.165) is 22.3 Å². The molecule has 0 aliphatic carbocycles. The second-order valence-electron chi connectivity index (χ2n) is 5.75. The summed E-state index contributed by atoms with van der Waals surface area (Å²) in [5.41, 5.74) is 3.93. The van der Waals surface area contributed by atoms with Crippen LogP contribution in [0.4, 0.5) is 4.39 Å². The third-order valence-corrected chi connectivity index (χ3v) is 4.71. The highest BCUT2D eigenvalue weighted by Gasteiger charge is 2.21. The molecule has 0 amide bonds. The van der Waals surface area contributed by atoms with Crippen LogP contribution in [-0.2, 0) is 9.09 Å². The Balaban J connectivity index is 2.44. The summed E-state index contributed by atoms with van der Waals surface area (Å²) < 4.78 is 35.9. The highest BCUT2D eigenvalue weighted by molar-refractivity contribution is 7.52. The number of rotatable bonds is 6. The minimum absolute atomic E-state index is 0.133. The molecule has 0 saturated carbocycles. The van der Waals surface area contributed by atoms with Gasteiger partial charge >= 0.3 is 7.60 Å². The van der Waals surface area contributed by atoms with Crippen LogP contribution >= 0.6 is 7.60 Å². The molecule has 0 spiro atoms. The number of hydrogen-bond donors (Lipinski definition) is 1. The third-order valence-electron chi connectivity index (χ3n) is 3.59. The molecule has 0 fully saturated rings. The normalized spacial score (nSPS) is 13.6. The van der Waals surface area contributed by atoms with Crippen molar-refractivity contribution in [1.29, 1.82) is 0 Å². The maximum absolute atomic E-state index is 13.5. The molecule has 2 aromatic carbocycles. The lowest BCUT2D eigenvalue weighted by molar-refractivity contribution is 0.241. The third kappa shape index (κ3) is 4.44. The Morgan fingerprint density at radius 2 is 1.83 bits per heavy atom. The standard InChI is InChI=1S/C18H22FO4P/c1-5-23-24(20,21)11-22-18-14(4)8-12(2)9-16(18)15-6-7-17(19)13(3)10-15/h6-10H,5,11H2,1-4H3,(H,20,21). The molecule has 1 atom stereocenters. The number of hydrogen-bond acceptors (Lipinski definition) is 3. The van der Waals surface area contributed by atoms with Crippen molar-refractivity contribution in [3.63, 3.8) is 0 Å². The fourth-order valence-corrected chi connectivity index (χ4v) is 3.33. The molecule has 0 aromatic heterocycles. The Morgan fingerprint density at radius 1 is 1.12 bits per heavy atom. The molecular formula is C18H22FO4P. The lowest BCUT2D eigenvalue weighted by Crippen LogP contribution is -2.04. The van der Waals surface area contributed by atoms with E-state index in [1.807, 2.05) is 26.0 Å². The predicted molar refractivity (Wildman–Crippen MR) is 93.0 cm³/mol. The largest absolute Gasteiger partial charge is 0.480 e. The van der Waals surface area contributed by atoms with Gasteiger partial charge in [-0.05, 0) is 68.1 Å². The molecule has 0 saturated heterocycles. The van der Waals surface area contributed by atoms with Gasteiger partial charge in [0.25, 0.3) is 0 Å². The van der Waals surface area contributed by atoms with Crippen LogP contribution in [0.25, 0.3) is 11.1 Å². The van der Waals surface area contributed by atoms with Gasteiger partial charge in [0.15, 0.2) is 6.35 Å². The van der Waals surface area contributed by atoms with E-state index in [4.69, 9.17) is 9.26 Å². The van der Waals surface area contributed by atoms with Crippen LogP contribution in [0, 0.1) is 26.6 Å². The van der Waals surface area contributed by atoms with Crippen LogP contribution in [-0.4, -0.2) is 17.8 Å². The molecule has 0 aliphatic rings. The first-order valence-electron chi connectivity index (χ1n) is 7.70. The van der Waals surface area contributed by atoms with Gasteiger partial charge in [-0.3, -0.25) is 4.57 Å². The summed E-state index contributed by atoms with van der Waals surface area (Å²) in [4.78, 5) is 9.72. The van der Waals surface area contributed by atoms with E-state index in [1.165, 1.54) is 6.07 Å². The van der Waals surface area contributed by atoms with E-state index in [-0.39, 0.29) is 12.4 Å². The lowest BCUT2D eigenvalue weighted by Gasteiger charge is -2.18. The molecule has 6 heteroatoms. The highest BCUT2D eigenvalue weighted by Crippen LogP contribution is 2.44. The lowest BCUT2D eigenvalue weighted by atomic mass is 9.98. The smallest absolute Gasteiger partial charge is 0.365 e. The van der Waals surface area contributed by atoms with E-state index in [2.05, 4.69) is 0 Å². The number of benzene rings is 2. The molecule has 0 heterocycles. The highest BCUT2D eigenvalue weighted by atomic mass is 31.2. The average Bonchev–Trinajstić information content (AvgIpc) is 2.48. The van der Waals surface area contributed by atoms with Crippen molar-refractivity contribution in [1.82, 2.24) is 0 Å². The number of ether oxygens (including phenoxy) is 1. The van der Waals surface area contributed by atoms with Crippen molar-refractivity contribution in [3.8, 4) is 16.9 Å². The summed E-state index contributed by atoms with van der Waals surface area (Å²) >= 11 is 0. The van der Waals surface area contributed by atoms with Crippen LogP contribution < -0.4 is 4.74 Å². The Bertz CT molecular complexity index is 789. The van der Waals surface area contributed by atoms with Gasteiger partial charge < -0.3 is 14.2 Å². The summed E-state index contributed by atoms with van der Waals surface area (Å²) in [7, 11) is -3.80. The minimum atomic E-state index is -3.80. The number of halogens is 1.